The second kappa shape index (κ2) is 4.55. The van der Waals surface area contributed by atoms with Crippen LogP contribution in [0.3, 0.4) is 0 Å². The Kier molecular flexibility index (Phi) is 3.30. The molecule has 3 nitrogen and oxygen atoms in total. The van der Waals surface area contributed by atoms with Gasteiger partial charge in [0.05, 0.1) is 11.6 Å². The minimum Gasteiger partial charge on any atom is -0.274 e. The second-order valence-electron chi connectivity index (χ2n) is 3.57. The summed E-state index contributed by atoms with van der Waals surface area (Å²) in [5.74, 6) is -0.610. The van der Waals surface area contributed by atoms with Crippen LogP contribution in [0.25, 0.3) is 0 Å². The molecule has 84 valence electrons. The largest absolute Gasteiger partial charge is 0.274 e. The smallest absolute Gasteiger partial charge is 0.238 e. The van der Waals surface area contributed by atoms with Crippen LogP contribution in [0.4, 0.5) is 5.69 Å². The van der Waals surface area contributed by atoms with E-state index in [0.717, 1.165) is 4.47 Å². The highest BCUT2D eigenvalue weighted by Crippen LogP contribution is 2.32. The SMILES string of the molecule is O=C1CC(CCl)C(=O)N1c1ccccc1Br. The quantitative estimate of drug-likeness (QED) is 0.622. The fourth-order valence-electron chi connectivity index (χ4n) is 1.70. The van der Waals surface area contributed by atoms with Gasteiger partial charge >= 0.3 is 0 Å². The van der Waals surface area contributed by atoms with Gasteiger partial charge in [0.15, 0.2) is 0 Å². The summed E-state index contributed by atoms with van der Waals surface area (Å²) in [5, 5.41) is 0. The highest BCUT2D eigenvalue weighted by Gasteiger charge is 2.39. The molecule has 1 aliphatic heterocycles. The van der Waals surface area contributed by atoms with Crippen molar-refractivity contribution in [3.05, 3.63) is 28.7 Å². The van der Waals surface area contributed by atoms with Crippen LogP contribution in [0.15, 0.2) is 28.7 Å². The number of imide groups is 1. The average molecular weight is 303 g/mol. The Morgan fingerprint density at radius 3 is 2.62 bits per heavy atom. The van der Waals surface area contributed by atoms with E-state index < -0.39 is 0 Å². The van der Waals surface area contributed by atoms with Crippen molar-refractivity contribution in [2.45, 2.75) is 6.42 Å². The van der Waals surface area contributed by atoms with Crippen LogP contribution < -0.4 is 4.90 Å². The number of hydrogen-bond donors (Lipinski definition) is 0. The van der Waals surface area contributed by atoms with Crippen molar-refractivity contribution in [1.82, 2.24) is 0 Å². The number of amides is 2. The molecule has 16 heavy (non-hydrogen) atoms. The Bertz CT molecular complexity index is 449. The minimum atomic E-state index is -0.388. The summed E-state index contributed by atoms with van der Waals surface area (Å²) in [6.07, 6.45) is 0.198. The molecule has 0 saturated carbocycles. The summed E-state index contributed by atoms with van der Waals surface area (Å²) in [5.41, 5.74) is 0.588. The zero-order valence-corrected chi connectivity index (χ0v) is 10.7. The molecule has 1 fully saturated rings. The molecule has 0 spiro atoms. The second-order valence-corrected chi connectivity index (χ2v) is 4.74. The molecule has 2 amide bonds. The van der Waals surface area contributed by atoms with Crippen molar-refractivity contribution < 1.29 is 9.59 Å². The predicted octanol–water partition coefficient (Wildman–Crippen LogP) is 2.57. The predicted molar refractivity (Wildman–Crippen MR) is 65.5 cm³/mol. The van der Waals surface area contributed by atoms with Gasteiger partial charge in [0.1, 0.15) is 0 Å². The number of alkyl halides is 1. The van der Waals surface area contributed by atoms with E-state index in [2.05, 4.69) is 15.9 Å². The van der Waals surface area contributed by atoms with Gasteiger partial charge < -0.3 is 0 Å². The molecular formula is C11H9BrClNO2. The topological polar surface area (TPSA) is 37.4 Å². The molecule has 1 aromatic carbocycles. The number of rotatable bonds is 2. The maximum atomic E-state index is 11.9. The Labute approximate surface area is 107 Å². The normalized spacial score (nSPS) is 20.6. The summed E-state index contributed by atoms with van der Waals surface area (Å²) in [7, 11) is 0. The van der Waals surface area contributed by atoms with Crippen molar-refractivity contribution >= 4 is 45.0 Å². The molecule has 0 aromatic heterocycles. The van der Waals surface area contributed by atoms with Gasteiger partial charge in [0, 0.05) is 16.8 Å². The molecule has 0 aliphatic carbocycles. The highest BCUT2D eigenvalue weighted by molar-refractivity contribution is 9.10. The number of nitrogens with zero attached hydrogens (tertiary/aromatic N) is 1. The van der Waals surface area contributed by atoms with E-state index in [1.54, 1.807) is 18.2 Å². The molecule has 1 aliphatic rings. The highest BCUT2D eigenvalue weighted by atomic mass is 79.9. The summed E-state index contributed by atoms with van der Waals surface area (Å²) < 4.78 is 0.729. The lowest BCUT2D eigenvalue weighted by Crippen LogP contribution is -2.31. The van der Waals surface area contributed by atoms with Crippen molar-refractivity contribution in [3.8, 4) is 0 Å². The van der Waals surface area contributed by atoms with E-state index in [9.17, 15) is 9.59 Å². The van der Waals surface area contributed by atoms with Crippen molar-refractivity contribution in [2.75, 3.05) is 10.8 Å². The van der Waals surface area contributed by atoms with Gasteiger partial charge in [-0.3, -0.25) is 9.59 Å². The van der Waals surface area contributed by atoms with E-state index >= 15 is 0 Å². The minimum absolute atomic E-state index is 0.186. The van der Waals surface area contributed by atoms with Gasteiger partial charge in [-0.2, -0.15) is 0 Å². The maximum Gasteiger partial charge on any atom is 0.238 e. The molecule has 5 heteroatoms. The van der Waals surface area contributed by atoms with Crippen LogP contribution in [0.1, 0.15) is 6.42 Å². The van der Waals surface area contributed by atoms with Gasteiger partial charge in [0.25, 0.3) is 0 Å². The fourth-order valence-corrected chi connectivity index (χ4v) is 2.40. The average Bonchev–Trinajstić information content (AvgIpc) is 2.55. The van der Waals surface area contributed by atoms with Crippen molar-refractivity contribution in [1.29, 1.82) is 0 Å². The number of para-hydroxylation sites is 1. The lowest BCUT2D eigenvalue weighted by Gasteiger charge is -2.15. The first-order valence-corrected chi connectivity index (χ1v) is 6.15. The molecule has 1 aromatic rings. The molecule has 2 rings (SSSR count). The van der Waals surface area contributed by atoms with Crippen LogP contribution in [-0.2, 0) is 9.59 Å². The Morgan fingerprint density at radius 2 is 2.06 bits per heavy atom. The lowest BCUT2D eigenvalue weighted by atomic mass is 10.1. The number of anilines is 1. The van der Waals surface area contributed by atoms with Gasteiger partial charge in [-0.25, -0.2) is 4.90 Å². The maximum absolute atomic E-state index is 11.9. The van der Waals surface area contributed by atoms with Crippen LogP contribution in [0.2, 0.25) is 0 Å². The van der Waals surface area contributed by atoms with Gasteiger partial charge in [-0.15, -0.1) is 11.6 Å². The number of benzene rings is 1. The fraction of sp³-hybridized carbons (Fsp3) is 0.273. The van der Waals surface area contributed by atoms with Crippen molar-refractivity contribution in [2.24, 2.45) is 5.92 Å². The van der Waals surface area contributed by atoms with E-state index in [1.165, 1.54) is 4.90 Å². The molecule has 0 bridgehead atoms. The van der Waals surface area contributed by atoms with Gasteiger partial charge in [-0.05, 0) is 28.1 Å². The number of halogens is 2. The van der Waals surface area contributed by atoms with Gasteiger partial charge in [-0.1, -0.05) is 12.1 Å². The number of hydrogen-bond acceptors (Lipinski definition) is 2. The monoisotopic (exact) mass is 301 g/mol. The zero-order valence-electron chi connectivity index (χ0n) is 8.32. The summed E-state index contributed by atoms with van der Waals surface area (Å²) in [4.78, 5) is 24.8. The van der Waals surface area contributed by atoms with Gasteiger partial charge in [0.2, 0.25) is 11.8 Å². The molecular weight excluding hydrogens is 293 g/mol. The van der Waals surface area contributed by atoms with Crippen molar-refractivity contribution in [3.63, 3.8) is 0 Å². The number of carbonyl (C=O) groups excluding carboxylic acids is 2. The first-order valence-electron chi connectivity index (χ1n) is 4.82. The van der Waals surface area contributed by atoms with E-state index in [1.807, 2.05) is 6.07 Å². The summed E-state index contributed by atoms with van der Waals surface area (Å²) >= 11 is 8.97. The Hall–Kier alpha value is -0.870. The summed E-state index contributed by atoms with van der Waals surface area (Å²) in [6.45, 7) is 0. The lowest BCUT2D eigenvalue weighted by molar-refractivity contribution is -0.122. The molecule has 1 atom stereocenters. The summed E-state index contributed by atoms with van der Waals surface area (Å²) in [6, 6.07) is 7.15. The standard InChI is InChI=1S/C11H9BrClNO2/c12-8-3-1-2-4-9(8)14-10(15)5-7(6-13)11(14)16/h1-4,7H,5-6H2. The Morgan fingerprint density at radius 1 is 1.38 bits per heavy atom. The van der Waals surface area contributed by atoms with Crippen LogP contribution in [-0.4, -0.2) is 17.7 Å². The Balaban J connectivity index is 2.39. The molecule has 0 N–H and O–H groups in total. The third-order valence-electron chi connectivity index (χ3n) is 2.52. The third kappa shape index (κ3) is 1.87. The molecule has 0 radical (unpaired) electrons. The third-order valence-corrected chi connectivity index (χ3v) is 3.56. The van der Waals surface area contributed by atoms with Crippen LogP contribution in [0.5, 0.6) is 0 Å². The van der Waals surface area contributed by atoms with Crippen LogP contribution in [0, 0.1) is 5.92 Å². The zero-order chi connectivity index (χ0) is 11.7. The molecule has 1 heterocycles. The first kappa shape index (κ1) is 11.6. The van der Waals surface area contributed by atoms with E-state index in [-0.39, 0.29) is 30.0 Å². The van der Waals surface area contributed by atoms with Crippen LogP contribution >= 0.6 is 27.5 Å². The van der Waals surface area contributed by atoms with E-state index in [4.69, 9.17) is 11.6 Å². The molecule has 1 saturated heterocycles. The van der Waals surface area contributed by atoms with E-state index in [0.29, 0.717) is 5.69 Å². The first-order chi connectivity index (χ1) is 7.65. The molecule has 1 unspecified atom stereocenters. The number of carbonyl (C=O) groups is 2.